The number of thiocarbonyl (C=S) groups is 1. The lowest BCUT2D eigenvalue weighted by Gasteiger charge is -2.27. The SMILES string of the molecule is Cc1cccc(NC(=S)Nc2ccc(C)cc2S(=O)(=O)N2CCCCC2)c1. The summed E-state index contributed by atoms with van der Waals surface area (Å²) in [6.07, 6.45) is 2.89. The Morgan fingerprint density at radius 3 is 2.37 bits per heavy atom. The van der Waals surface area contributed by atoms with E-state index in [1.165, 1.54) is 0 Å². The van der Waals surface area contributed by atoms with Gasteiger partial charge in [-0.1, -0.05) is 24.6 Å². The summed E-state index contributed by atoms with van der Waals surface area (Å²) in [6, 6.07) is 13.2. The average Bonchev–Trinajstić information content (AvgIpc) is 2.64. The summed E-state index contributed by atoms with van der Waals surface area (Å²) in [6.45, 7) is 5.04. The fourth-order valence-corrected chi connectivity index (χ4v) is 5.17. The van der Waals surface area contributed by atoms with Crippen molar-refractivity contribution < 1.29 is 8.42 Å². The number of anilines is 2. The molecule has 0 unspecified atom stereocenters. The molecule has 0 aliphatic carbocycles. The highest BCUT2D eigenvalue weighted by atomic mass is 32.2. The number of nitrogens with one attached hydrogen (secondary N) is 2. The van der Waals surface area contributed by atoms with Crippen molar-refractivity contribution in [2.45, 2.75) is 38.0 Å². The minimum absolute atomic E-state index is 0.276. The van der Waals surface area contributed by atoms with Crippen LogP contribution < -0.4 is 10.6 Å². The van der Waals surface area contributed by atoms with E-state index in [9.17, 15) is 8.42 Å². The molecule has 0 atom stereocenters. The molecule has 3 rings (SSSR count). The highest BCUT2D eigenvalue weighted by Crippen LogP contribution is 2.28. The van der Waals surface area contributed by atoms with Gasteiger partial charge in [-0.05, 0) is 74.3 Å². The second-order valence-electron chi connectivity index (χ2n) is 6.91. The molecule has 0 aromatic heterocycles. The van der Waals surface area contributed by atoms with Crippen molar-refractivity contribution in [1.82, 2.24) is 4.31 Å². The summed E-state index contributed by atoms with van der Waals surface area (Å²) in [5.41, 5.74) is 3.37. The number of benzene rings is 2. The summed E-state index contributed by atoms with van der Waals surface area (Å²) in [4.78, 5) is 0.276. The molecule has 0 amide bonds. The molecule has 27 heavy (non-hydrogen) atoms. The third-order valence-corrected chi connectivity index (χ3v) is 6.74. The minimum atomic E-state index is -3.56. The molecule has 5 nitrogen and oxygen atoms in total. The number of sulfonamides is 1. The van der Waals surface area contributed by atoms with Gasteiger partial charge in [-0.3, -0.25) is 0 Å². The third kappa shape index (κ3) is 4.86. The summed E-state index contributed by atoms with van der Waals surface area (Å²) in [5.74, 6) is 0. The van der Waals surface area contributed by atoms with Crippen LogP contribution in [0.1, 0.15) is 30.4 Å². The Hall–Kier alpha value is -1.96. The maximum absolute atomic E-state index is 13.2. The van der Waals surface area contributed by atoms with Gasteiger partial charge in [-0.15, -0.1) is 0 Å². The molecule has 1 aliphatic heterocycles. The molecule has 1 saturated heterocycles. The molecule has 7 heteroatoms. The van der Waals surface area contributed by atoms with Crippen LogP contribution >= 0.6 is 12.2 Å². The molecule has 2 N–H and O–H groups in total. The monoisotopic (exact) mass is 403 g/mol. The Balaban J connectivity index is 1.84. The molecule has 0 radical (unpaired) electrons. The van der Waals surface area contributed by atoms with E-state index in [4.69, 9.17) is 12.2 Å². The maximum Gasteiger partial charge on any atom is 0.245 e. The highest BCUT2D eigenvalue weighted by molar-refractivity contribution is 7.89. The van der Waals surface area contributed by atoms with E-state index in [1.54, 1.807) is 16.4 Å². The lowest BCUT2D eigenvalue weighted by atomic mass is 10.2. The number of aryl methyl sites for hydroxylation is 2. The maximum atomic E-state index is 13.2. The molecule has 144 valence electrons. The summed E-state index contributed by atoms with van der Waals surface area (Å²) < 4.78 is 27.9. The van der Waals surface area contributed by atoms with Crippen molar-refractivity contribution in [2.24, 2.45) is 0 Å². The van der Waals surface area contributed by atoms with Gasteiger partial charge in [-0.2, -0.15) is 4.31 Å². The van der Waals surface area contributed by atoms with E-state index >= 15 is 0 Å². The van der Waals surface area contributed by atoms with Gasteiger partial charge >= 0.3 is 0 Å². The van der Waals surface area contributed by atoms with Crippen molar-refractivity contribution in [1.29, 1.82) is 0 Å². The Kier molecular flexibility index (Phi) is 6.14. The van der Waals surface area contributed by atoms with Gasteiger partial charge in [0, 0.05) is 18.8 Å². The fraction of sp³-hybridized carbons (Fsp3) is 0.350. The summed E-state index contributed by atoms with van der Waals surface area (Å²) in [7, 11) is -3.56. The van der Waals surface area contributed by atoms with Crippen molar-refractivity contribution >= 4 is 38.7 Å². The van der Waals surface area contributed by atoms with E-state index in [1.807, 2.05) is 44.2 Å². The van der Waals surface area contributed by atoms with Gasteiger partial charge in [0.2, 0.25) is 10.0 Å². The molecule has 1 fully saturated rings. The normalized spacial score (nSPS) is 15.3. The quantitative estimate of drug-likeness (QED) is 0.746. The second kappa shape index (κ2) is 8.37. The van der Waals surface area contributed by atoms with Crippen LogP contribution in [0.3, 0.4) is 0 Å². The minimum Gasteiger partial charge on any atom is -0.332 e. The van der Waals surface area contributed by atoms with E-state index in [0.717, 1.165) is 36.1 Å². The van der Waals surface area contributed by atoms with Crippen LogP contribution in [-0.2, 0) is 10.0 Å². The Labute approximate surface area is 166 Å². The van der Waals surface area contributed by atoms with Crippen LogP contribution in [0.2, 0.25) is 0 Å². The van der Waals surface area contributed by atoms with Gasteiger partial charge in [0.15, 0.2) is 5.11 Å². The highest BCUT2D eigenvalue weighted by Gasteiger charge is 2.28. The van der Waals surface area contributed by atoms with Crippen molar-refractivity contribution in [3.05, 3.63) is 53.6 Å². The Bertz CT molecular complexity index is 936. The first-order valence-corrected chi connectivity index (χ1v) is 11.0. The predicted molar refractivity (Wildman–Crippen MR) is 115 cm³/mol. The zero-order chi connectivity index (χ0) is 19.4. The molecular formula is C20H25N3O2S2. The van der Waals surface area contributed by atoms with Crippen LogP contribution in [-0.4, -0.2) is 30.9 Å². The molecule has 2 aromatic carbocycles. The predicted octanol–water partition coefficient (Wildman–Crippen LogP) is 4.29. The van der Waals surface area contributed by atoms with Crippen molar-refractivity contribution in [3.63, 3.8) is 0 Å². The zero-order valence-corrected chi connectivity index (χ0v) is 17.3. The van der Waals surface area contributed by atoms with Crippen LogP contribution in [0, 0.1) is 13.8 Å². The smallest absolute Gasteiger partial charge is 0.245 e. The lowest BCUT2D eigenvalue weighted by Crippen LogP contribution is -2.36. The molecule has 0 spiro atoms. The van der Waals surface area contributed by atoms with E-state index in [2.05, 4.69) is 10.6 Å². The van der Waals surface area contributed by atoms with Gasteiger partial charge in [0.1, 0.15) is 4.90 Å². The zero-order valence-electron chi connectivity index (χ0n) is 15.7. The number of hydrogen-bond acceptors (Lipinski definition) is 3. The fourth-order valence-electron chi connectivity index (χ4n) is 3.20. The number of nitrogens with zero attached hydrogens (tertiary/aromatic N) is 1. The van der Waals surface area contributed by atoms with E-state index in [0.29, 0.717) is 23.9 Å². The largest absolute Gasteiger partial charge is 0.332 e. The Morgan fingerprint density at radius 1 is 0.963 bits per heavy atom. The summed E-state index contributed by atoms with van der Waals surface area (Å²) in [5, 5.41) is 6.54. The van der Waals surface area contributed by atoms with Gasteiger partial charge in [-0.25, -0.2) is 8.42 Å². The molecule has 1 heterocycles. The molecular weight excluding hydrogens is 378 g/mol. The summed E-state index contributed by atoms with van der Waals surface area (Å²) >= 11 is 5.40. The molecule has 0 bridgehead atoms. The van der Waals surface area contributed by atoms with Gasteiger partial charge in [0.25, 0.3) is 0 Å². The van der Waals surface area contributed by atoms with Crippen molar-refractivity contribution in [3.8, 4) is 0 Å². The van der Waals surface area contributed by atoms with Gasteiger partial charge in [0.05, 0.1) is 5.69 Å². The van der Waals surface area contributed by atoms with Crippen LogP contribution in [0.5, 0.6) is 0 Å². The average molecular weight is 404 g/mol. The van der Waals surface area contributed by atoms with Crippen LogP contribution in [0.4, 0.5) is 11.4 Å². The Morgan fingerprint density at radius 2 is 1.67 bits per heavy atom. The first-order chi connectivity index (χ1) is 12.9. The molecule has 0 saturated carbocycles. The number of hydrogen-bond donors (Lipinski definition) is 2. The number of rotatable bonds is 4. The standard InChI is InChI=1S/C20H25N3O2S2/c1-15-7-6-8-17(13-15)21-20(26)22-18-10-9-16(2)14-19(18)27(24,25)23-11-4-3-5-12-23/h6-10,13-14H,3-5,11-12H2,1-2H3,(H2,21,22,26). The van der Waals surface area contributed by atoms with Crippen LogP contribution in [0.25, 0.3) is 0 Å². The number of piperidine rings is 1. The lowest BCUT2D eigenvalue weighted by molar-refractivity contribution is 0.347. The van der Waals surface area contributed by atoms with Gasteiger partial charge < -0.3 is 10.6 Å². The first kappa shape index (κ1) is 19.8. The third-order valence-electron chi connectivity index (χ3n) is 4.59. The molecule has 2 aromatic rings. The second-order valence-corrected chi connectivity index (χ2v) is 9.23. The van der Waals surface area contributed by atoms with Crippen LogP contribution in [0.15, 0.2) is 47.4 Å². The first-order valence-electron chi connectivity index (χ1n) is 9.12. The molecule has 1 aliphatic rings. The van der Waals surface area contributed by atoms with E-state index in [-0.39, 0.29) is 4.90 Å². The van der Waals surface area contributed by atoms with Crippen molar-refractivity contribution in [2.75, 3.05) is 23.7 Å². The topological polar surface area (TPSA) is 61.4 Å². The van der Waals surface area contributed by atoms with E-state index < -0.39 is 10.0 Å².